The SMILES string of the molecule is COCCNC(=O)CSc1nc(Cl)cc(N(C)Cc2ccccc2)n1. The van der Waals surface area contributed by atoms with Gasteiger partial charge in [-0.15, -0.1) is 0 Å². The maximum absolute atomic E-state index is 11.7. The predicted molar refractivity (Wildman–Crippen MR) is 101 cm³/mol. The Bertz CT molecular complexity index is 688. The van der Waals surface area contributed by atoms with Crippen molar-refractivity contribution in [3.05, 3.63) is 47.1 Å². The Balaban J connectivity index is 1.96. The quantitative estimate of drug-likeness (QED) is 0.312. The lowest BCUT2D eigenvalue weighted by Gasteiger charge is -2.18. The molecule has 6 nitrogen and oxygen atoms in total. The van der Waals surface area contributed by atoms with E-state index in [1.54, 1.807) is 13.2 Å². The van der Waals surface area contributed by atoms with Crippen molar-refractivity contribution in [2.24, 2.45) is 0 Å². The number of hydrogen-bond acceptors (Lipinski definition) is 6. The average Bonchev–Trinajstić information content (AvgIpc) is 2.60. The first-order valence-corrected chi connectivity index (χ1v) is 9.13. The van der Waals surface area contributed by atoms with Crippen molar-refractivity contribution in [2.75, 3.05) is 38.0 Å². The van der Waals surface area contributed by atoms with E-state index in [9.17, 15) is 4.79 Å². The molecule has 1 N–H and O–H groups in total. The largest absolute Gasteiger partial charge is 0.383 e. The molecular formula is C17H21ClN4O2S. The first kappa shape index (κ1) is 19.5. The molecule has 0 atom stereocenters. The van der Waals surface area contributed by atoms with Crippen LogP contribution in [0.5, 0.6) is 0 Å². The molecule has 1 aromatic carbocycles. The number of amides is 1. The first-order chi connectivity index (χ1) is 12.1. The Hall–Kier alpha value is -1.83. The summed E-state index contributed by atoms with van der Waals surface area (Å²) in [5.41, 5.74) is 1.17. The number of nitrogens with zero attached hydrogens (tertiary/aromatic N) is 3. The molecule has 0 bridgehead atoms. The zero-order valence-corrected chi connectivity index (χ0v) is 15.8. The third-order valence-corrected chi connectivity index (χ3v) is 4.32. The fraction of sp³-hybridized carbons (Fsp3) is 0.353. The number of hydrogen-bond donors (Lipinski definition) is 1. The number of rotatable bonds is 9. The first-order valence-electron chi connectivity index (χ1n) is 7.76. The van der Waals surface area contributed by atoms with Crippen LogP contribution in [0.2, 0.25) is 5.15 Å². The second kappa shape index (κ2) is 10.2. The van der Waals surface area contributed by atoms with Crippen molar-refractivity contribution in [1.82, 2.24) is 15.3 Å². The number of halogens is 1. The third-order valence-electron chi connectivity index (χ3n) is 3.28. The Morgan fingerprint density at radius 1 is 1.32 bits per heavy atom. The second-order valence-electron chi connectivity index (χ2n) is 5.30. The van der Waals surface area contributed by atoms with E-state index in [4.69, 9.17) is 16.3 Å². The molecule has 0 unspecified atom stereocenters. The van der Waals surface area contributed by atoms with Crippen molar-refractivity contribution in [3.63, 3.8) is 0 Å². The third kappa shape index (κ3) is 6.89. The van der Waals surface area contributed by atoms with Gasteiger partial charge in [-0.2, -0.15) is 0 Å². The van der Waals surface area contributed by atoms with Gasteiger partial charge in [-0.3, -0.25) is 4.79 Å². The fourth-order valence-corrected chi connectivity index (χ4v) is 2.97. The summed E-state index contributed by atoms with van der Waals surface area (Å²) in [5.74, 6) is 0.849. The van der Waals surface area contributed by atoms with Crippen molar-refractivity contribution in [2.45, 2.75) is 11.7 Å². The smallest absolute Gasteiger partial charge is 0.230 e. The van der Waals surface area contributed by atoms with Crippen LogP contribution in [0, 0.1) is 0 Å². The van der Waals surface area contributed by atoms with Crippen molar-refractivity contribution in [3.8, 4) is 0 Å². The zero-order valence-electron chi connectivity index (χ0n) is 14.2. The second-order valence-corrected chi connectivity index (χ2v) is 6.63. The van der Waals surface area contributed by atoms with Gasteiger partial charge in [0.2, 0.25) is 5.91 Å². The molecular weight excluding hydrogens is 360 g/mol. The van der Waals surface area contributed by atoms with Gasteiger partial charge in [0.15, 0.2) is 5.16 Å². The monoisotopic (exact) mass is 380 g/mol. The number of aromatic nitrogens is 2. The minimum atomic E-state index is -0.0928. The zero-order chi connectivity index (χ0) is 18.1. The summed E-state index contributed by atoms with van der Waals surface area (Å²) in [4.78, 5) is 22.4. The summed E-state index contributed by atoms with van der Waals surface area (Å²) >= 11 is 7.36. The molecule has 0 saturated heterocycles. The number of carbonyl (C=O) groups is 1. The Kier molecular flexibility index (Phi) is 7.97. The minimum absolute atomic E-state index is 0.0928. The van der Waals surface area contributed by atoms with Gasteiger partial charge in [0.25, 0.3) is 0 Å². The number of nitrogens with one attached hydrogen (secondary N) is 1. The van der Waals surface area contributed by atoms with Gasteiger partial charge < -0.3 is 15.0 Å². The van der Waals surface area contributed by atoms with E-state index >= 15 is 0 Å². The molecule has 2 rings (SSSR count). The number of anilines is 1. The number of benzene rings is 1. The summed E-state index contributed by atoms with van der Waals surface area (Å²) in [6, 6.07) is 11.8. The molecule has 25 heavy (non-hydrogen) atoms. The van der Waals surface area contributed by atoms with Gasteiger partial charge >= 0.3 is 0 Å². The van der Waals surface area contributed by atoms with E-state index in [-0.39, 0.29) is 11.7 Å². The van der Waals surface area contributed by atoms with Gasteiger partial charge in [0, 0.05) is 33.3 Å². The van der Waals surface area contributed by atoms with Crippen LogP contribution in [-0.4, -0.2) is 48.9 Å². The molecule has 0 spiro atoms. The molecule has 0 aliphatic carbocycles. The predicted octanol–water partition coefficient (Wildman–Crippen LogP) is 2.62. The van der Waals surface area contributed by atoms with E-state index < -0.39 is 0 Å². The molecule has 1 amide bonds. The van der Waals surface area contributed by atoms with E-state index in [1.165, 1.54) is 17.3 Å². The number of carbonyl (C=O) groups excluding carboxylic acids is 1. The number of ether oxygens (including phenoxy) is 1. The Labute approximate surface area is 156 Å². The van der Waals surface area contributed by atoms with Gasteiger partial charge in [-0.05, 0) is 5.56 Å². The van der Waals surface area contributed by atoms with Crippen molar-refractivity contribution < 1.29 is 9.53 Å². The van der Waals surface area contributed by atoms with Gasteiger partial charge in [0.05, 0.1) is 12.4 Å². The number of methoxy groups -OCH3 is 1. The molecule has 0 saturated carbocycles. The molecule has 0 fully saturated rings. The van der Waals surface area contributed by atoms with Crippen molar-refractivity contribution in [1.29, 1.82) is 0 Å². The van der Waals surface area contributed by atoms with Gasteiger partial charge in [-0.25, -0.2) is 9.97 Å². The van der Waals surface area contributed by atoms with Crippen LogP contribution in [0.4, 0.5) is 5.82 Å². The molecule has 0 aliphatic rings. The lowest BCUT2D eigenvalue weighted by atomic mass is 10.2. The summed E-state index contributed by atoms with van der Waals surface area (Å²) in [5, 5.41) is 3.58. The van der Waals surface area contributed by atoms with E-state index in [1.807, 2.05) is 30.1 Å². The van der Waals surface area contributed by atoms with E-state index in [0.717, 1.165) is 0 Å². The summed E-state index contributed by atoms with van der Waals surface area (Å²) in [6.07, 6.45) is 0. The molecule has 1 heterocycles. The highest BCUT2D eigenvalue weighted by molar-refractivity contribution is 7.99. The topological polar surface area (TPSA) is 67.3 Å². The Morgan fingerprint density at radius 3 is 2.80 bits per heavy atom. The molecule has 0 radical (unpaired) electrons. The molecule has 1 aromatic heterocycles. The maximum Gasteiger partial charge on any atom is 0.230 e. The van der Waals surface area contributed by atoms with Crippen LogP contribution in [0.15, 0.2) is 41.6 Å². The summed E-state index contributed by atoms with van der Waals surface area (Å²) in [6.45, 7) is 1.67. The van der Waals surface area contributed by atoms with Crippen LogP contribution in [0.3, 0.4) is 0 Å². The lowest BCUT2D eigenvalue weighted by molar-refractivity contribution is -0.118. The van der Waals surface area contributed by atoms with E-state index in [2.05, 4.69) is 27.4 Å². The lowest BCUT2D eigenvalue weighted by Crippen LogP contribution is -2.28. The summed E-state index contributed by atoms with van der Waals surface area (Å²) in [7, 11) is 3.53. The molecule has 2 aromatic rings. The molecule has 8 heteroatoms. The van der Waals surface area contributed by atoms with Crippen LogP contribution >= 0.6 is 23.4 Å². The molecule has 0 aliphatic heterocycles. The fourth-order valence-electron chi connectivity index (χ4n) is 2.06. The highest BCUT2D eigenvalue weighted by Crippen LogP contribution is 2.22. The summed E-state index contributed by atoms with van der Waals surface area (Å²) < 4.78 is 4.89. The van der Waals surface area contributed by atoms with E-state index in [0.29, 0.717) is 35.8 Å². The van der Waals surface area contributed by atoms with Crippen molar-refractivity contribution >= 4 is 35.1 Å². The highest BCUT2D eigenvalue weighted by Gasteiger charge is 2.10. The van der Waals surface area contributed by atoms with Crippen LogP contribution in [0.1, 0.15) is 5.56 Å². The van der Waals surface area contributed by atoms with Crippen LogP contribution in [0.25, 0.3) is 0 Å². The van der Waals surface area contributed by atoms with Gasteiger partial charge in [-0.1, -0.05) is 53.7 Å². The highest BCUT2D eigenvalue weighted by atomic mass is 35.5. The van der Waals surface area contributed by atoms with Crippen LogP contribution in [-0.2, 0) is 16.1 Å². The maximum atomic E-state index is 11.7. The minimum Gasteiger partial charge on any atom is -0.383 e. The average molecular weight is 381 g/mol. The standard InChI is InChI=1S/C17H21ClN4O2S/c1-22(11-13-6-4-3-5-7-13)15-10-14(18)20-17(21-15)25-12-16(23)19-8-9-24-2/h3-7,10H,8-9,11-12H2,1-2H3,(H,19,23). The normalized spacial score (nSPS) is 10.5. The molecule has 134 valence electrons. The number of thioether (sulfide) groups is 1. The van der Waals surface area contributed by atoms with Crippen LogP contribution < -0.4 is 10.2 Å². The Morgan fingerprint density at radius 2 is 2.08 bits per heavy atom. The van der Waals surface area contributed by atoms with Gasteiger partial charge in [0.1, 0.15) is 11.0 Å².